The molecule has 8 heteroatoms. The van der Waals surface area contributed by atoms with Crippen LogP contribution in [0.25, 0.3) is 0 Å². The number of carbonyl (C=O) groups is 3. The van der Waals surface area contributed by atoms with Gasteiger partial charge >= 0.3 is 5.97 Å². The average Bonchev–Trinajstić information content (AvgIpc) is 2.70. The molecule has 2 aromatic rings. The van der Waals surface area contributed by atoms with E-state index in [2.05, 4.69) is 10.6 Å². The molecule has 0 heterocycles. The first-order valence-corrected chi connectivity index (χ1v) is 9.02. The lowest BCUT2D eigenvalue weighted by Crippen LogP contribution is -2.31. The number of hydrogen-bond donors (Lipinski definition) is 2. The molecule has 2 amide bonds. The molecule has 0 aromatic heterocycles. The van der Waals surface area contributed by atoms with Gasteiger partial charge in [0.05, 0.1) is 13.2 Å². The Morgan fingerprint density at radius 2 is 1.72 bits per heavy atom. The molecular formula is C21H24N2O6. The van der Waals surface area contributed by atoms with Crippen molar-refractivity contribution in [2.45, 2.75) is 20.0 Å². The molecule has 8 nitrogen and oxygen atoms in total. The third-order valence-electron chi connectivity index (χ3n) is 3.60. The van der Waals surface area contributed by atoms with Gasteiger partial charge in [0, 0.05) is 17.3 Å². The summed E-state index contributed by atoms with van der Waals surface area (Å²) < 4.78 is 15.5. The molecule has 0 aliphatic heterocycles. The standard InChI is InChI=1S/C21H24N2O6/c1-14(2)29-20(25)12-22-21(26)15-7-9-17(10-8-15)28-13-19(24)23-16-5-4-6-18(11-16)27-3/h4-11,14H,12-13H2,1-3H3,(H,22,26)(H,23,24). The lowest BCUT2D eigenvalue weighted by atomic mass is 10.2. The van der Waals surface area contributed by atoms with Gasteiger partial charge < -0.3 is 24.8 Å². The molecule has 29 heavy (non-hydrogen) atoms. The summed E-state index contributed by atoms with van der Waals surface area (Å²) in [6.07, 6.45) is -0.239. The second-order valence-electron chi connectivity index (χ2n) is 6.31. The largest absolute Gasteiger partial charge is 0.497 e. The Balaban J connectivity index is 1.80. The van der Waals surface area contributed by atoms with Gasteiger partial charge in [-0.25, -0.2) is 0 Å². The summed E-state index contributed by atoms with van der Waals surface area (Å²) in [6, 6.07) is 13.2. The average molecular weight is 400 g/mol. The summed E-state index contributed by atoms with van der Waals surface area (Å²) in [5.41, 5.74) is 0.955. The van der Waals surface area contributed by atoms with Crippen molar-refractivity contribution in [3.8, 4) is 11.5 Å². The third-order valence-corrected chi connectivity index (χ3v) is 3.60. The Kier molecular flexibility index (Phi) is 8.02. The van der Waals surface area contributed by atoms with Gasteiger partial charge in [0.15, 0.2) is 6.61 Å². The quantitative estimate of drug-likeness (QED) is 0.627. The Labute approximate surface area is 169 Å². The van der Waals surface area contributed by atoms with Crippen LogP contribution in [0.4, 0.5) is 5.69 Å². The van der Waals surface area contributed by atoms with E-state index < -0.39 is 11.9 Å². The fourth-order valence-electron chi connectivity index (χ4n) is 2.31. The number of benzene rings is 2. The zero-order chi connectivity index (χ0) is 21.2. The van der Waals surface area contributed by atoms with E-state index in [-0.39, 0.29) is 25.2 Å². The lowest BCUT2D eigenvalue weighted by Gasteiger charge is -2.10. The molecule has 154 valence electrons. The van der Waals surface area contributed by atoms with E-state index in [4.69, 9.17) is 14.2 Å². The van der Waals surface area contributed by atoms with Crippen LogP contribution in [-0.2, 0) is 14.3 Å². The van der Waals surface area contributed by atoms with Gasteiger partial charge in [-0.1, -0.05) is 6.07 Å². The summed E-state index contributed by atoms with van der Waals surface area (Å²) in [6.45, 7) is 3.06. The van der Waals surface area contributed by atoms with Crippen molar-refractivity contribution in [3.05, 3.63) is 54.1 Å². The molecular weight excluding hydrogens is 376 g/mol. The van der Waals surface area contributed by atoms with Gasteiger partial charge in [0.1, 0.15) is 18.0 Å². The van der Waals surface area contributed by atoms with Crippen LogP contribution >= 0.6 is 0 Å². The van der Waals surface area contributed by atoms with Gasteiger partial charge in [0.25, 0.3) is 11.8 Å². The number of esters is 1. The van der Waals surface area contributed by atoms with Gasteiger partial charge in [-0.05, 0) is 50.2 Å². The third kappa shape index (κ3) is 7.53. The Morgan fingerprint density at radius 1 is 1.00 bits per heavy atom. The van der Waals surface area contributed by atoms with Crippen molar-refractivity contribution in [2.75, 3.05) is 25.6 Å². The topological polar surface area (TPSA) is 103 Å². The molecule has 2 aromatic carbocycles. The van der Waals surface area contributed by atoms with Crippen LogP contribution in [-0.4, -0.2) is 44.1 Å². The summed E-state index contributed by atoms with van der Waals surface area (Å²) >= 11 is 0. The van der Waals surface area contributed by atoms with Crippen LogP contribution in [0.1, 0.15) is 24.2 Å². The van der Waals surface area contributed by atoms with Crippen LogP contribution < -0.4 is 20.1 Å². The molecule has 0 aliphatic carbocycles. The first-order valence-electron chi connectivity index (χ1n) is 9.02. The van der Waals surface area contributed by atoms with Gasteiger partial charge in [-0.15, -0.1) is 0 Å². The monoisotopic (exact) mass is 400 g/mol. The Bertz CT molecular complexity index is 849. The Morgan fingerprint density at radius 3 is 2.38 bits per heavy atom. The van der Waals surface area contributed by atoms with Crippen molar-refractivity contribution in [3.63, 3.8) is 0 Å². The SMILES string of the molecule is COc1cccc(NC(=O)COc2ccc(C(=O)NCC(=O)OC(C)C)cc2)c1. The number of anilines is 1. The summed E-state index contributed by atoms with van der Waals surface area (Å²) in [5.74, 6) is -0.177. The van der Waals surface area contributed by atoms with Crippen molar-refractivity contribution >= 4 is 23.5 Å². The van der Waals surface area contributed by atoms with Crippen molar-refractivity contribution in [1.29, 1.82) is 0 Å². The van der Waals surface area contributed by atoms with Crippen LogP contribution in [0, 0.1) is 0 Å². The number of amides is 2. The molecule has 0 fully saturated rings. The van der Waals surface area contributed by atoms with E-state index in [9.17, 15) is 14.4 Å². The minimum absolute atomic E-state index is 0.191. The maximum atomic E-state index is 12.0. The van der Waals surface area contributed by atoms with Crippen LogP contribution in [0.3, 0.4) is 0 Å². The van der Waals surface area contributed by atoms with Crippen molar-refractivity contribution < 1.29 is 28.6 Å². The van der Waals surface area contributed by atoms with Crippen LogP contribution in [0.5, 0.6) is 11.5 Å². The van der Waals surface area contributed by atoms with Crippen LogP contribution in [0.15, 0.2) is 48.5 Å². The number of ether oxygens (including phenoxy) is 3. The maximum absolute atomic E-state index is 12.0. The lowest BCUT2D eigenvalue weighted by molar-refractivity contribution is -0.146. The number of methoxy groups -OCH3 is 1. The first kappa shape index (κ1) is 21.7. The predicted molar refractivity (Wildman–Crippen MR) is 107 cm³/mol. The van der Waals surface area contributed by atoms with Gasteiger partial charge in [-0.3, -0.25) is 14.4 Å². The minimum atomic E-state index is -0.504. The zero-order valence-corrected chi connectivity index (χ0v) is 16.6. The minimum Gasteiger partial charge on any atom is -0.497 e. The molecule has 0 saturated carbocycles. The van der Waals surface area contributed by atoms with E-state index in [1.54, 1.807) is 69.5 Å². The molecule has 0 spiro atoms. The fraction of sp³-hybridized carbons (Fsp3) is 0.286. The van der Waals surface area contributed by atoms with E-state index in [0.29, 0.717) is 22.7 Å². The van der Waals surface area contributed by atoms with E-state index in [0.717, 1.165) is 0 Å². The summed E-state index contributed by atoms with van der Waals surface area (Å²) in [5, 5.41) is 5.19. The maximum Gasteiger partial charge on any atom is 0.325 e. The second kappa shape index (κ2) is 10.7. The number of hydrogen-bond acceptors (Lipinski definition) is 6. The predicted octanol–water partition coefficient (Wildman–Crippen LogP) is 2.39. The summed E-state index contributed by atoms with van der Waals surface area (Å²) in [7, 11) is 1.55. The highest BCUT2D eigenvalue weighted by Crippen LogP contribution is 2.17. The molecule has 0 unspecified atom stereocenters. The summed E-state index contributed by atoms with van der Waals surface area (Å²) in [4.78, 5) is 35.5. The second-order valence-corrected chi connectivity index (χ2v) is 6.31. The highest BCUT2D eigenvalue weighted by Gasteiger charge is 2.11. The van der Waals surface area contributed by atoms with Gasteiger partial charge in [0.2, 0.25) is 0 Å². The molecule has 2 rings (SSSR count). The van der Waals surface area contributed by atoms with Crippen molar-refractivity contribution in [2.24, 2.45) is 0 Å². The van der Waals surface area contributed by atoms with Crippen molar-refractivity contribution in [1.82, 2.24) is 5.32 Å². The normalized spacial score (nSPS) is 10.2. The van der Waals surface area contributed by atoms with E-state index in [1.165, 1.54) is 0 Å². The first-order chi connectivity index (χ1) is 13.9. The molecule has 0 atom stereocenters. The van der Waals surface area contributed by atoms with E-state index >= 15 is 0 Å². The number of nitrogens with one attached hydrogen (secondary N) is 2. The zero-order valence-electron chi connectivity index (χ0n) is 16.6. The highest BCUT2D eigenvalue weighted by molar-refractivity contribution is 5.96. The number of carbonyl (C=O) groups excluding carboxylic acids is 3. The smallest absolute Gasteiger partial charge is 0.325 e. The molecule has 0 saturated heterocycles. The van der Waals surface area contributed by atoms with Gasteiger partial charge in [-0.2, -0.15) is 0 Å². The number of rotatable bonds is 9. The molecule has 0 aliphatic rings. The fourth-order valence-corrected chi connectivity index (χ4v) is 2.31. The van der Waals surface area contributed by atoms with E-state index in [1.807, 2.05) is 0 Å². The highest BCUT2D eigenvalue weighted by atomic mass is 16.5. The molecule has 0 radical (unpaired) electrons. The molecule has 0 bridgehead atoms. The Hall–Kier alpha value is -3.55. The molecule has 2 N–H and O–H groups in total. The van der Waals surface area contributed by atoms with Crippen LogP contribution in [0.2, 0.25) is 0 Å².